The van der Waals surface area contributed by atoms with Gasteiger partial charge in [-0.1, -0.05) is 191 Å². The molecule has 9 aromatic rings. The van der Waals surface area contributed by atoms with Gasteiger partial charge in [0.1, 0.15) is 0 Å². The van der Waals surface area contributed by atoms with E-state index in [4.69, 9.17) is 69.6 Å². The largest absolute Gasteiger partial charge is 0.306 e. The maximum absolute atomic E-state index is 12.9. The number of halogens is 6. The van der Waals surface area contributed by atoms with Crippen LogP contribution in [0.4, 0.5) is 0 Å². The van der Waals surface area contributed by atoms with Gasteiger partial charge in [0.2, 0.25) is 9.84 Å². The standard InChI is InChI=1S/C21H19Cl2NO2S.C21H19Cl2NOS.C21H19Cl2NS/c1-15(17-6-5-7-18(22)13-17)24-14-16-10-11-20(23)21(12-16)27(25,26)19-8-3-2-4-9-19;1-15(17-6-5-7-18(22)13-17)24-14-16-10-11-20(23)21(12-16)26(25)19-8-3-2-4-9-19;1-15(17-6-5-7-18(22)13-17)24-14-16-10-11-20(23)21(12-16)25-19-8-3-2-4-9-19/h2-13,15,24H,14H2,1H3;2-13,15,24H,14H2,1H3;2-13,15,24H,14H2,1H3/t15-;15-,26?;15-/m111/s1. The van der Waals surface area contributed by atoms with E-state index in [-0.39, 0.29) is 32.9 Å². The van der Waals surface area contributed by atoms with Gasteiger partial charge in [-0.25, -0.2) is 12.6 Å². The van der Waals surface area contributed by atoms with Crippen LogP contribution in [-0.2, 0) is 40.3 Å². The van der Waals surface area contributed by atoms with Crippen molar-refractivity contribution in [3.8, 4) is 0 Å². The van der Waals surface area contributed by atoms with Crippen molar-refractivity contribution < 1.29 is 12.6 Å². The van der Waals surface area contributed by atoms with E-state index in [2.05, 4.69) is 60.1 Å². The van der Waals surface area contributed by atoms with Crippen molar-refractivity contribution in [3.05, 3.63) is 282 Å². The monoisotopic (exact) mass is 1210 g/mol. The summed E-state index contributed by atoms with van der Waals surface area (Å²) in [6.45, 7) is 8.17. The Bertz CT molecular complexity index is 3530. The van der Waals surface area contributed by atoms with Gasteiger partial charge < -0.3 is 16.0 Å². The summed E-state index contributed by atoms with van der Waals surface area (Å²) in [7, 11) is -4.96. The molecule has 0 saturated heterocycles. The van der Waals surface area contributed by atoms with Crippen molar-refractivity contribution in [1.29, 1.82) is 0 Å². The fourth-order valence-electron chi connectivity index (χ4n) is 7.91. The molecule has 0 heterocycles. The molecule has 402 valence electrons. The summed E-state index contributed by atoms with van der Waals surface area (Å²) in [5.74, 6) is 0. The van der Waals surface area contributed by atoms with Crippen LogP contribution < -0.4 is 16.0 Å². The molecule has 0 bridgehead atoms. The fraction of sp³-hybridized carbons (Fsp3) is 0.143. The van der Waals surface area contributed by atoms with Crippen LogP contribution in [0.2, 0.25) is 30.1 Å². The summed E-state index contributed by atoms with van der Waals surface area (Å²) >= 11 is 38.7. The first-order valence-corrected chi connectivity index (χ1v) is 30.6. The summed E-state index contributed by atoms with van der Waals surface area (Å²) in [5, 5.41) is 14.1. The highest BCUT2D eigenvalue weighted by molar-refractivity contribution is 7.99. The molecule has 3 N–H and O–H groups in total. The molecular weight excluding hydrogens is 1160 g/mol. The molecule has 0 radical (unpaired) electrons. The third-order valence-corrected chi connectivity index (χ3v) is 18.7. The minimum atomic E-state index is -3.67. The first kappa shape index (κ1) is 60.7. The first-order chi connectivity index (χ1) is 37.5. The summed E-state index contributed by atoms with van der Waals surface area (Å²) < 4.78 is 38.6. The summed E-state index contributed by atoms with van der Waals surface area (Å²) in [4.78, 5) is 3.97. The average Bonchev–Trinajstić information content (AvgIpc) is 3.47. The quantitative estimate of drug-likeness (QED) is 0.0789. The van der Waals surface area contributed by atoms with Crippen LogP contribution in [-0.4, -0.2) is 12.6 Å². The van der Waals surface area contributed by atoms with E-state index in [1.54, 1.807) is 60.3 Å². The predicted molar refractivity (Wildman–Crippen MR) is 328 cm³/mol. The lowest BCUT2D eigenvalue weighted by atomic mass is 10.1. The Balaban J connectivity index is 0.000000170. The molecular formula is C63H57Cl6N3O3S3. The second kappa shape index (κ2) is 30.0. The summed E-state index contributed by atoms with van der Waals surface area (Å²) in [6.07, 6.45) is 0. The second-order valence-electron chi connectivity index (χ2n) is 18.1. The molecule has 0 fully saturated rings. The Hall–Kier alpha value is -4.95. The zero-order valence-electron chi connectivity index (χ0n) is 42.9. The van der Waals surface area contributed by atoms with E-state index in [1.165, 1.54) is 16.0 Å². The smallest absolute Gasteiger partial charge is 0.208 e. The van der Waals surface area contributed by atoms with E-state index in [1.807, 2.05) is 146 Å². The molecule has 0 spiro atoms. The van der Waals surface area contributed by atoms with Crippen LogP contribution >= 0.6 is 81.4 Å². The fourth-order valence-corrected chi connectivity index (χ4v) is 13.0. The van der Waals surface area contributed by atoms with E-state index in [0.717, 1.165) is 53.7 Å². The Morgan fingerprint density at radius 1 is 0.436 bits per heavy atom. The number of benzene rings is 9. The van der Waals surface area contributed by atoms with Gasteiger partial charge in [-0.15, -0.1) is 0 Å². The van der Waals surface area contributed by atoms with Crippen LogP contribution in [0.25, 0.3) is 0 Å². The molecule has 0 aliphatic heterocycles. The zero-order chi connectivity index (χ0) is 55.6. The van der Waals surface area contributed by atoms with E-state index in [0.29, 0.717) is 28.0 Å². The minimum absolute atomic E-state index is 0.0635. The normalized spacial score (nSPS) is 12.7. The number of nitrogens with one attached hydrogen (secondary N) is 3. The topological polar surface area (TPSA) is 87.3 Å². The Morgan fingerprint density at radius 3 is 1.32 bits per heavy atom. The van der Waals surface area contributed by atoms with Gasteiger partial charge in [-0.05, 0) is 163 Å². The summed E-state index contributed by atoms with van der Waals surface area (Å²) in [6, 6.07) is 68.7. The Labute approximate surface area is 496 Å². The van der Waals surface area contributed by atoms with Gasteiger partial charge >= 0.3 is 0 Å². The molecule has 9 rings (SSSR count). The van der Waals surface area contributed by atoms with Gasteiger partial charge in [-0.2, -0.15) is 0 Å². The SMILES string of the molecule is C[C@@H](NCc1ccc(Cl)c(S(=O)(=O)c2ccccc2)c1)c1cccc(Cl)c1.C[C@@H](NCc1ccc(Cl)c(S(=O)c2ccccc2)c1)c1cccc(Cl)c1.C[C@@H](NCc1ccc(Cl)c(Sc2ccccc2)c1)c1cccc(Cl)c1. The van der Waals surface area contributed by atoms with Crippen molar-refractivity contribution in [2.24, 2.45) is 0 Å². The molecule has 0 saturated carbocycles. The molecule has 9 aromatic carbocycles. The number of sulfone groups is 1. The molecule has 0 aliphatic carbocycles. The predicted octanol–water partition coefficient (Wildman–Crippen LogP) is 18.7. The lowest BCUT2D eigenvalue weighted by molar-refractivity contribution is 0.573. The third-order valence-electron chi connectivity index (χ3n) is 12.3. The van der Waals surface area contributed by atoms with E-state index >= 15 is 0 Å². The minimum Gasteiger partial charge on any atom is -0.306 e. The molecule has 0 amide bonds. The van der Waals surface area contributed by atoms with Crippen molar-refractivity contribution in [1.82, 2.24) is 16.0 Å². The highest BCUT2D eigenvalue weighted by Crippen LogP contribution is 2.35. The Kier molecular flexibility index (Phi) is 23.4. The van der Waals surface area contributed by atoms with Crippen LogP contribution in [0.1, 0.15) is 72.3 Å². The molecule has 1 unspecified atom stereocenters. The number of hydrogen-bond donors (Lipinski definition) is 3. The van der Waals surface area contributed by atoms with Gasteiger partial charge in [0, 0.05) is 67.5 Å². The van der Waals surface area contributed by atoms with Crippen LogP contribution in [0, 0.1) is 0 Å². The first-order valence-electron chi connectivity index (χ1n) is 24.9. The van der Waals surface area contributed by atoms with Gasteiger partial charge in [0.05, 0.1) is 40.6 Å². The highest BCUT2D eigenvalue weighted by Gasteiger charge is 2.21. The maximum Gasteiger partial charge on any atom is 0.208 e. The molecule has 0 aliphatic rings. The van der Waals surface area contributed by atoms with Gasteiger partial charge in [0.15, 0.2) is 0 Å². The molecule has 15 heteroatoms. The lowest BCUT2D eigenvalue weighted by Crippen LogP contribution is -2.18. The van der Waals surface area contributed by atoms with Gasteiger partial charge in [0.25, 0.3) is 0 Å². The number of rotatable bonds is 18. The average molecular weight is 1210 g/mol. The van der Waals surface area contributed by atoms with Crippen molar-refractivity contribution in [2.45, 2.75) is 87.9 Å². The maximum atomic E-state index is 12.9. The van der Waals surface area contributed by atoms with E-state index in [9.17, 15) is 12.6 Å². The Morgan fingerprint density at radius 2 is 0.846 bits per heavy atom. The lowest BCUT2D eigenvalue weighted by Gasteiger charge is -2.15. The third kappa shape index (κ3) is 18.0. The molecule has 78 heavy (non-hydrogen) atoms. The van der Waals surface area contributed by atoms with Crippen LogP contribution in [0.5, 0.6) is 0 Å². The number of hydrogen-bond acceptors (Lipinski definition) is 7. The molecule has 6 nitrogen and oxygen atoms in total. The molecule has 4 atom stereocenters. The second-order valence-corrected chi connectivity index (χ2v) is 25.1. The van der Waals surface area contributed by atoms with Crippen molar-refractivity contribution in [3.63, 3.8) is 0 Å². The van der Waals surface area contributed by atoms with Gasteiger partial charge in [-0.3, -0.25) is 0 Å². The zero-order valence-corrected chi connectivity index (χ0v) is 49.8. The van der Waals surface area contributed by atoms with Crippen molar-refractivity contribution in [2.75, 3.05) is 0 Å². The van der Waals surface area contributed by atoms with Crippen LogP contribution in [0.3, 0.4) is 0 Å². The highest BCUT2D eigenvalue weighted by atomic mass is 35.5. The van der Waals surface area contributed by atoms with Crippen molar-refractivity contribution >= 4 is 102 Å². The summed E-state index contributed by atoms with van der Waals surface area (Å²) in [5.41, 5.74) is 6.44. The molecule has 0 aromatic heterocycles. The van der Waals surface area contributed by atoms with Crippen LogP contribution in [0.15, 0.2) is 248 Å². The van der Waals surface area contributed by atoms with E-state index < -0.39 is 20.6 Å².